The average molecular weight is 625 g/mol. The Morgan fingerprint density at radius 3 is 2.56 bits per heavy atom. The molecule has 4 N–H and O–H groups in total. The van der Waals surface area contributed by atoms with E-state index >= 15 is 0 Å². The van der Waals surface area contributed by atoms with E-state index in [1.807, 2.05) is 44.2 Å². The number of carbonyl (C=O) groups is 3. The lowest BCUT2D eigenvalue weighted by Gasteiger charge is -2.29. The number of aryl methyl sites for hydroxylation is 1. The summed E-state index contributed by atoms with van der Waals surface area (Å²) in [5, 5.41) is 27.0. The number of nitrogens with one attached hydrogen (secondary N) is 2. The molecule has 248 valence electrons. The average Bonchev–Trinajstić information content (AvgIpc) is 2.97. The van der Waals surface area contributed by atoms with Gasteiger partial charge in [0.1, 0.15) is 17.9 Å². The molecule has 0 fully saturated rings. The molecule has 0 saturated heterocycles. The van der Waals surface area contributed by atoms with Gasteiger partial charge < -0.3 is 30.3 Å². The molecule has 0 unspecified atom stereocenters. The number of allylic oxidation sites excluding steroid dienone is 5. The molecule has 1 aliphatic rings. The molecule has 9 nitrogen and oxygen atoms in total. The molecule has 0 radical (unpaired) electrons. The van der Waals surface area contributed by atoms with Crippen LogP contribution in [0.25, 0.3) is 0 Å². The maximum absolute atomic E-state index is 13.0. The summed E-state index contributed by atoms with van der Waals surface area (Å²) in [6.07, 6.45) is 14.5. The van der Waals surface area contributed by atoms with Crippen molar-refractivity contribution >= 4 is 23.5 Å². The van der Waals surface area contributed by atoms with Crippen LogP contribution in [0.4, 0.5) is 5.69 Å². The van der Waals surface area contributed by atoms with Gasteiger partial charge in [-0.25, -0.2) is 4.79 Å². The number of esters is 1. The van der Waals surface area contributed by atoms with E-state index < -0.39 is 36.2 Å². The Hall–Kier alpha value is -3.69. The standard InChI is InChI=1S/C36H52N2O7/c1-24(2)14-12-19-33(40)37-27(5)36(43)45-32-18-11-9-7-8-10-17-31(44-6)23-34(41)38-29-20-28(21-30(39)22-29)16-13-15-25(3)35(42)26(32)4/h7-11,15,17,20-22,24,26-27,31-32,35,39,42H,12-14,16,18-19,23H2,1-6H3,(H,37,40)(H,38,41)/b8-7+,11-9+,17-10+,25-15-/t26-,27+,31-,32-,35-/m0/s1. The maximum Gasteiger partial charge on any atom is 0.328 e. The molecular formula is C36H52N2O7. The van der Waals surface area contributed by atoms with Gasteiger partial charge in [0.15, 0.2) is 0 Å². The van der Waals surface area contributed by atoms with E-state index in [1.165, 1.54) is 13.2 Å². The molecule has 1 aromatic carbocycles. The van der Waals surface area contributed by atoms with E-state index in [1.54, 1.807) is 31.2 Å². The van der Waals surface area contributed by atoms with Crippen molar-refractivity contribution in [3.8, 4) is 5.75 Å². The number of hydrogen-bond donors (Lipinski definition) is 4. The lowest BCUT2D eigenvalue weighted by atomic mass is 9.90. The highest BCUT2D eigenvalue weighted by Gasteiger charge is 2.29. The van der Waals surface area contributed by atoms with Crippen LogP contribution in [0.1, 0.15) is 78.7 Å². The Kier molecular flexibility index (Phi) is 16.4. The first-order valence-corrected chi connectivity index (χ1v) is 15.9. The lowest BCUT2D eigenvalue weighted by molar-refractivity contribution is -0.156. The molecule has 9 heteroatoms. The second-order valence-electron chi connectivity index (χ2n) is 12.2. The van der Waals surface area contributed by atoms with Crippen molar-refractivity contribution in [2.24, 2.45) is 11.8 Å². The molecule has 45 heavy (non-hydrogen) atoms. The zero-order valence-electron chi connectivity index (χ0n) is 27.6. The summed E-state index contributed by atoms with van der Waals surface area (Å²) in [5.41, 5.74) is 2.05. The highest BCUT2D eigenvalue weighted by atomic mass is 16.5. The van der Waals surface area contributed by atoms with E-state index in [0.29, 0.717) is 37.3 Å². The fourth-order valence-corrected chi connectivity index (χ4v) is 4.99. The maximum atomic E-state index is 13.0. The predicted molar refractivity (Wildman–Crippen MR) is 178 cm³/mol. The van der Waals surface area contributed by atoms with Crippen LogP contribution in [0.15, 0.2) is 66.3 Å². The van der Waals surface area contributed by atoms with Gasteiger partial charge >= 0.3 is 5.97 Å². The van der Waals surface area contributed by atoms with Crippen LogP contribution in [-0.4, -0.2) is 59.5 Å². The first kappa shape index (κ1) is 37.5. The zero-order valence-corrected chi connectivity index (χ0v) is 27.6. The number of rotatable bonds is 8. The van der Waals surface area contributed by atoms with Gasteiger partial charge in [-0.3, -0.25) is 9.59 Å². The minimum atomic E-state index is -0.880. The topological polar surface area (TPSA) is 134 Å². The molecular weight excluding hydrogens is 572 g/mol. The zero-order chi connectivity index (χ0) is 33.4. The highest BCUT2D eigenvalue weighted by molar-refractivity contribution is 5.91. The van der Waals surface area contributed by atoms with Crippen LogP contribution in [0.5, 0.6) is 5.75 Å². The molecule has 0 spiro atoms. The van der Waals surface area contributed by atoms with Gasteiger partial charge in [-0.05, 0) is 62.3 Å². The quantitative estimate of drug-likeness (QED) is 0.208. The molecule has 2 rings (SSSR count). The number of aromatic hydroxyl groups is 1. The second kappa shape index (κ2) is 19.6. The molecule has 1 aromatic rings. The molecule has 1 heterocycles. The molecule has 5 atom stereocenters. The minimum Gasteiger partial charge on any atom is -0.508 e. The summed E-state index contributed by atoms with van der Waals surface area (Å²) in [6.45, 7) is 9.49. The minimum absolute atomic E-state index is 0.0435. The smallest absolute Gasteiger partial charge is 0.328 e. The van der Waals surface area contributed by atoms with Crippen LogP contribution < -0.4 is 10.6 Å². The Morgan fingerprint density at radius 1 is 1.11 bits per heavy atom. The van der Waals surface area contributed by atoms with Crippen molar-refractivity contribution < 1.29 is 34.1 Å². The number of anilines is 1. The second-order valence-corrected chi connectivity index (χ2v) is 12.2. The fraction of sp³-hybridized carbons (Fsp3) is 0.528. The van der Waals surface area contributed by atoms with Gasteiger partial charge in [-0.1, -0.05) is 69.7 Å². The summed E-state index contributed by atoms with van der Waals surface area (Å²) < 4.78 is 11.3. The number of aliphatic hydroxyl groups is 1. The number of carbonyl (C=O) groups excluding carboxylic acids is 3. The fourth-order valence-electron chi connectivity index (χ4n) is 4.99. The Morgan fingerprint density at radius 2 is 1.84 bits per heavy atom. The third kappa shape index (κ3) is 14.3. The number of benzene rings is 1. The largest absolute Gasteiger partial charge is 0.508 e. The summed E-state index contributed by atoms with van der Waals surface area (Å²) >= 11 is 0. The number of methoxy groups -OCH3 is 1. The van der Waals surface area contributed by atoms with E-state index in [9.17, 15) is 24.6 Å². The summed E-state index contributed by atoms with van der Waals surface area (Å²) in [5.74, 6) is -0.874. The predicted octanol–water partition coefficient (Wildman–Crippen LogP) is 5.93. The van der Waals surface area contributed by atoms with Gasteiger partial charge in [0.05, 0.1) is 18.6 Å². The van der Waals surface area contributed by atoms with Crippen LogP contribution >= 0.6 is 0 Å². The van der Waals surface area contributed by atoms with Crippen LogP contribution in [0.2, 0.25) is 0 Å². The Bertz CT molecular complexity index is 1230. The molecule has 1 aliphatic heterocycles. The van der Waals surface area contributed by atoms with Crippen LogP contribution in [0.3, 0.4) is 0 Å². The Balaban J connectivity index is 2.25. The molecule has 2 amide bonds. The van der Waals surface area contributed by atoms with Crippen molar-refractivity contribution in [2.75, 3.05) is 12.4 Å². The van der Waals surface area contributed by atoms with Gasteiger partial charge in [0.25, 0.3) is 0 Å². The lowest BCUT2D eigenvalue weighted by Crippen LogP contribution is -2.43. The number of amides is 2. The number of phenols is 1. The third-order valence-corrected chi connectivity index (χ3v) is 7.75. The van der Waals surface area contributed by atoms with Crippen LogP contribution in [-0.2, 0) is 30.3 Å². The SMILES string of the molecule is CO[C@H]1/C=C/C=C/C=C/C[C@H](OC(=O)[C@@H](C)NC(=O)CCCC(C)C)[C@H](C)[C@@H](O)/C(C)=C\CCc2cc(O)cc(c2)NC(=O)C1. The number of hydrogen-bond acceptors (Lipinski definition) is 7. The first-order chi connectivity index (χ1) is 21.4. The summed E-state index contributed by atoms with van der Waals surface area (Å²) in [7, 11) is 1.53. The van der Waals surface area contributed by atoms with Gasteiger partial charge in [-0.2, -0.15) is 0 Å². The van der Waals surface area contributed by atoms with Crippen molar-refractivity contribution in [1.82, 2.24) is 5.32 Å². The Labute approximate surface area is 268 Å². The van der Waals surface area contributed by atoms with E-state index in [-0.39, 0.29) is 24.0 Å². The highest BCUT2D eigenvalue weighted by Crippen LogP contribution is 2.24. The molecule has 0 saturated carbocycles. The van der Waals surface area contributed by atoms with E-state index in [0.717, 1.165) is 24.0 Å². The number of aliphatic hydroxyl groups excluding tert-OH is 1. The van der Waals surface area contributed by atoms with Crippen molar-refractivity contribution in [3.05, 3.63) is 71.9 Å². The monoisotopic (exact) mass is 624 g/mol. The van der Waals surface area contributed by atoms with E-state index in [4.69, 9.17) is 9.47 Å². The number of phenolic OH excluding ortho intramolecular Hbond substituents is 1. The summed E-state index contributed by atoms with van der Waals surface area (Å²) in [6, 6.07) is 4.14. The third-order valence-electron chi connectivity index (χ3n) is 7.75. The van der Waals surface area contributed by atoms with Crippen molar-refractivity contribution in [2.45, 2.75) is 104 Å². The number of ether oxygens (including phenoxy) is 2. The van der Waals surface area contributed by atoms with Gasteiger partial charge in [0, 0.05) is 37.6 Å². The van der Waals surface area contributed by atoms with Crippen LogP contribution in [0, 0.1) is 11.8 Å². The van der Waals surface area contributed by atoms with Crippen molar-refractivity contribution in [3.63, 3.8) is 0 Å². The summed E-state index contributed by atoms with van der Waals surface area (Å²) in [4.78, 5) is 38.0. The van der Waals surface area contributed by atoms with Crippen molar-refractivity contribution in [1.29, 1.82) is 0 Å². The van der Waals surface area contributed by atoms with Gasteiger partial charge in [0.2, 0.25) is 11.8 Å². The normalized spacial score (nSPS) is 25.9. The van der Waals surface area contributed by atoms with Gasteiger partial charge in [-0.15, -0.1) is 0 Å². The molecule has 0 aromatic heterocycles. The number of fused-ring (bicyclic) bond motifs is 2. The molecule has 2 bridgehead atoms. The first-order valence-electron chi connectivity index (χ1n) is 15.9. The molecule has 0 aliphatic carbocycles. The van der Waals surface area contributed by atoms with E-state index in [2.05, 4.69) is 24.5 Å².